The average molecular weight is 396 g/mol. The number of likely N-dealkylation sites (tertiary alicyclic amines) is 2. The third kappa shape index (κ3) is 3.02. The third-order valence-electron chi connectivity index (χ3n) is 7.07. The van der Waals surface area contributed by atoms with Gasteiger partial charge in [0.1, 0.15) is 5.76 Å². The first kappa shape index (κ1) is 19.0. The molecule has 4 heterocycles. The van der Waals surface area contributed by atoms with Gasteiger partial charge in [-0.1, -0.05) is 0 Å². The summed E-state index contributed by atoms with van der Waals surface area (Å²) in [5.74, 6) is 1.11. The van der Waals surface area contributed by atoms with E-state index >= 15 is 0 Å². The van der Waals surface area contributed by atoms with E-state index in [0.717, 1.165) is 51.2 Å². The summed E-state index contributed by atoms with van der Waals surface area (Å²) in [6.45, 7) is 6.74. The van der Waals surface area contributed by atoms with Crippen molar-refractivity contribution < 1.29 is 17.6 Å². The van der Waals surface area contributed by atoms with Gasteiger partial charge in [-0.25, -0.2) is 12.7 Å². The van der Waals surface area contributed by atoms with Gasteiger partial charge >= 0.3 is 0 Å². The molecule has 0 aliphatic carbocycles. The highest BCUT2D eigenvalue weighted by Crippen LogP contribution is 2.58. The van der Waals surface area contributed by atoms with Crippen molar-refractivity contribution in [2.45, 2.75) is 32.7 Å². The van der Waals surface area contributed by atoms with Crippen molar-refractivity contribution in [2.24, 2.45) is 10.8 Å². The van der Waals surface area contributed by atoms with Crippen LogP contribution in [-0.4, -0.2) is 74.0 Å². The smallest absolute Gasteiger partial charge is 0.230 e. The topological polar surface area (TPSA) is 74.1 Å². The highest BCUT2D eigenvalue weighted by molar-refractivity contribution is 7.88. The molecule has 1 atom stereocenters. The maximum absolute atomic E-state index is 13.3. The number of nitrogens with zero attached hydrogens (tertiary/aromatic N) is 3. The molecule has 7 nitrogen and oxygen atoms in total. The Kier molecular flexibility index (Phi) is 4.63. The molecule has 3 saturated heterocycles. The lowest BCUT2D eigenvalue weighted by atomic mass is 9.60. The van der Waals surface area contributed by atoms with E-state index in [1.165, 1.54) is 6.26 Å². The Hall–Kier alpha value is -1.38. The highest BCUT2D eigenvalue weighted by atomic mass is 32.2. The molecule has 4 rings (SSSR count). The summed E-state index contributed by atoms with van der Waals surface area (Å²) in [6.07, 6.45) is 5.42. The molecule has 1 amide bonds. The monoisotopic (exact) mass is 395 g/mol. The Balaban J connectivity index is 1.58. The van der Waals surface area contributed by atoms with Crippen molar-refractivity contribution in [2.75, 3.05) is 45.5 Å². The molecule has 0 aromatic carbocycles. The number of fused-ring (bicyclic) bond motifs is 1. The third-order valence-corrected chi connectivity index (χ3v) is 8.27. The van der Waals surface area contributed by atoms with Gasteiger partial charge in [-0.05, 0) is 51.4 Å². The molecule has 0 N–H and O–H groups in total. The van der Waals surface area contributed by atoms with Gasteiger partial charge in [0.05, 0.1) is 24.5 Å². The molecule has 0 unspecified atom stereocenters. The zero-order chi connectivity index (χ0) is 19.3. The quantitative estimate of drug-likeness (QED) is 0.770. The number of piperidine rings is 1. The van der Waals surface area contributed by atoms with Crippen LogP contribution in [-0.2, 0) is 21.4 Å². The van der Waals surface area contributed by atoms with Crippen LogP contribution in [0.25, 0.3) is 0 Å². The van der Waals surface area contributed by atoms with Crippen molar-refractivity contribution in [3.63, 3.8) is 0 Å². The number of rotatable bonds is 4. The van der Waals surface area contributed by atoms with Gasteiger partial charge in [0.2, 0.25) is 15.9 Å². The van der Waals surface area contributed by atoms with Gasteiger partial charge in [0, 0.05) is 31.6 Å². The predicted octanol–water partition coefficient (Wildman–Crippen LogP) is 1.38. The zero-order valence-electron chi connectivity index (χ0n) is 16.2. The second-order valence-electron chi connectivity index (χ2n) is 8.38. The van der Waals surface area contributed by atoms with Crippen molar-refractivity contribution in [1.29, 1.82) is 0 Å². The van der Waals surface area contributed by atoms with Gasteiger partial charge in [0.15, 0.2) is 0 Å². The molecule has 0 radical (unpaired) electrons. The summed E-state index contributed by atoms with van der Waals surface area (Å²) < 4.78 is 31.6. The summed E-state index contributed by atoms with van der Waals surface area (Å²) >= 11 is 0. The van der Waals surface area contributed by atoms with E-state index in [4.69, 9.17) is 4.42 Å². The Labute approximate surface area is 161 Å². The lowest BCUT2D eigenvalue weighted by molar-refractivity contribution is -0.142. The number of carbonyl (C=O) groups is 1. The molecule has 3 aliphatic rings. The Morgan fingerprint density at radius 2 is 1.89 bits per heavy atom. The van der Waals surface area contributed by atoms with E-state index in [2.05, 4.69) is 4.90 Å². The summed E-state index contributed by atoms with van der Waals surface area (Å²) in [5, 5.41) is 0. The standard InChI is InChI=1S/C19H29N3O4S/c1-3-21-11-8-19(17(21)23)15-22(27(2,24)25)14-18(19)6-9-20(10-7-18)13-16-5-4-12-26-16/h4-5,12H,3,6-11,13-15H2,1-2H3/t19-/m1/s1. The van der Waals surface area contributed by atoms with Crippen LogP contribution in [0.3, 0.4) is 0 Å². The van der Waals surface area contributed by atoms with Crippen molar-refractivity contribution in [1.82, 2.24) is 14.1 Å². The van der Waals surface area contributed by atoms with Gasteiger partial charge < -0.3 is 9.32 Å². The molecule has 8 heteroatoms. The maximum Gasteiger partial charge on any atom is 0.230 e. The molecule has 3 aliphatic heterocycles. The molecule has 1 aromatic heterocycles. The second kappa shape index (κ2) is 6.60. The first-order valence-electron chi connectivity index (χ1n) is 9.79. The van der Waals surface area contributed by atoms with E-state index in [9.17, 15) is 13.2 Å². The molecular formula is C19H29N3O4S. The minimum absolute atomic E-state index is 0.163. The predicted molar refractivity (Wildman–Crippen MR) is 101 cm³/mol. The fourth-order valence-electron chi connectivity index (χ4n) is 5.42. The lowest BCUT2D eigenvalue weighted by Gasteiger charge is -2.46. The van der Waals surface area contributed by atoms with Crippen LogP contribution >= 0.6 is 0 Å². The second-order valence-corrected chi connectivity index (χ2v) is 10.4. The fourth-order valence-corrected chi connectivity index (χ4v) is 6.36. The Morgan fingerprint density at radius 3 is 2.44 bits per heavy atom. The van der Waals surface area contributed by atoms with Crippen LogP contribution in [0.1, 0.15) is 31.9 Å². The fraction of sp³-hybridized carbons (Fsp3) is 0.737. The molecule has 150 valence electrons. The van der Waals surface area contributed by atoms with E-state index < -0.39 is 15.4 Å². The number of amides is 1. The van der Waals surface area contributed by atoms with Crippen LogP contribution < -0.4 is 0 Å². The van der Waals surface area contributed by atoms with Crippen LogP contribution in [0.4, 0.5) is 0 Å². The van der Waals surface area contributed by atoms with Crippen LogP contribution in [0, 0.1) is 10.8 Å². The van der Waals surface area contributed by atoms with Gasteiger partial charge in [-0.3, -0.25) is 9.69 Å². The number of sulfonamides is 1. The highest BCUT2D eigenvalue weighted by Gasteiger charge is 2.66. The Bertz CT molecular complexity index is 799. The van der Waals surface area contributed by atoms with Crippen LogP contribution in [0.2, 0.25) is 0 Å². The van der Waals surface area contributed by atoms with Gasteiger partial charge in [-0.15, -0.1) is 0 Å². The first-order valence-corrected chi connectivity index (χ1v) is 11.6. The molecule has 2 spiro atoms. The van der Waals surface area contributed by atoms with Gasteiger partial charge in [-0.2, -0.15) is 0 Å². The van der Waals surface area contributed by atoms with E-state index in [1.54, 1.807) is 10.6 Å². The summed E-state index contributed by atoms with van der Waals surface area (Å²) in [6, 6.07) is 3.87. The van der Waals surface area contributed by atoms with E-state index in [1.807, 2.05) is 24.0 Å². The van der Waals surface area contributed by atoms with Crippen LogP contribution in [0.15, 0.2) is 22.8 Å². The van der Waals surface area contributed by atoms with Crippen molar-refractivity contribution in [3.8, 4) is 0 Å². The summed E-state index contributed by atoms with van der Waals surface area (Å²) in [4.78, 5) is 17.6. The van der Waals surface area contributed by atoms with Gasteiger partial charge in [0.25, 0.3) is 0 Å². The normalized spacial score (nSPS) is 29.4. The molecule has 1 aromatic rings. The van der Waals surface area contributed by atoms with Crippen LogP contribution in [0.5, 0.6) is 0 Å². The van der Waals surface area contributed by atoms with E-state index in [-0.39, 0.29) is 11.3 Å². The number of hydrogen-bond donors (Lipinski definition) is 0. The van der Waals surface area contributed by atoms with Crippen molar-refractivity contribution in [3.05, 3.63) is 24.2 Å². The molecule has 3 fully saturated rings. The summed E-state index contributed by atoms with van der Waals surface area (Å²) in [7, 11) is -3.31. The molecule has 27 heavy (non-hydrogen) atoms. The zero-order valence-corrected chi connectivity index (χ0v) is 17.0. The Morgan fingerprint density at radius 1 is 1.15 bits per heavy atom. The minimum atomic E-state index is -3.31. The first-order chi connectivity index (χ1) is 12.8. The largest absolute Gasteiger partial charge is 0.468 e. The SMILES string of the molecule is CCN1CC[C@@]2(CN(S(C)(=O)=O)CC23CCN(Cc2ccco2)CC3)C1=O. The maximum atomic E-state index is 13.3. The summed E-state index contributed by atoms with van der Waals surface area (Å²) in [5.41, 5.74) is -0.806. The average Bonchev–Trinajstić information content (AvgIpc) is 3.32. The molecule has 0 saturated carbocycles. The molecular weight excluding hydrogens is 366 g/mol. The van der Waals surface area contributed by atoms with E-state index in [0.29, 0.717) is 19.6 Å². The lowest BCUT2D eigenvalue weighted by Crippen LogP contribution is -2.52. The molecule has 0 bridgehead atoms. The minimum Gasteiger partial charge on any atom is -0.468 e. The number of carbonyl (C=O) groups excluding carboxylic acids is 1. The number of furan rings is 1. The number of hydrogen-bond acceptors (Lipinski definition) is 5. The van der Waals surface area contributed by atoms with Crippen molar-refractivity contribution >= 4 is 15.9 Å².